The number of benzene rings is 1. The molecular weight excluding hydrogens is 214 g/mol. The van der Waals surface area contributed by atoms with E-state index in [2.05, 4.69) is 11.3 Å². The molecule has 0 saturated carbocycles. The first-order chi connectivity index (χ1) is 7.60. The first-order valence-electron chi connectivity index (χ1n) is 4.74. The third kappa shape index (κ3) is 2.79. The number of halogens is 2. The highest BCUT2D eigenvalue weighted by molar-refractivity contribution is 5.63. The van der Waals surface area contributed by atoms with Crippen LogP contribution in [-0.2, 0) is 0 Å². The minimum atomic E-state index is -2.87. The lowest BCUT2D eigenvalue weighted by atomic mass is 9.95. The number of alkyl halides is 2. The number of hydrogen-bond donors (Lipinski definition) is 1. The smallest absolute Gasteiger partial charge is 0.387 e. The Morgan fingerprint density at radius 3 is 2.75 bits per heavy atom. The maximum absolute atomic E-state index is 12.1. The molecule has 0 saturated heterocycles. The summed E-state index contributed by atoms with van der Waals surface area (Å²) in [5, 5.41) is 9.02. The Bertz CT molecular complexity index is 364. The number of aliphatic hydroxyl groups excluding tert-OH is 1. The summed E-state index contributed by atoms with van der Waals surface area (Å²) in [6, 6.07) is 4.76. The van der Waals surface area contributed by atoms with Gasteiger partial charge in [-0.25, -0.2) is 0 Å². The van der Waals surface area contributed by atoms with Crippen molar-refractivity contribution in [3.8, 4) is 5.75 Å². The van der Waals surface area contributed by atoms with Crippen LogP contribution < -0.4 is 4.74 Å². The monoisotopic (exact) mass is 227 g/mol. The van der Waals surface area contributed by atoms with Gasteiger partial charge in [0.25, 0.3) is 0 Å². The van der Waals surface area contributed by atoms with Crippen molar-refractivity contribution in [3.05, 3.63) is 41.8 Å². The Hall–Kier alpha value is -1.42. The molecule has 0 fully saturated rings. The van der Waals surface area contributed by atoms with Crippen molar-refractivity contribution in [3.63, 3.8) is 0 Å². The van der Waals surface area contributed by atoms with Gasteiger partial charge in [-0.05, 0) is 11.6 Å². The summed E-state index contributed by atoms with van der Waals surface area (Å²) in [6.45, 7) is 2.26. The van der Waals surface area contributed by atoms with Gasteiger partial charge in [0.1, 0.15) is 5.75 Å². The minimum Gasteiger partial charge on any atom is -0.434 e. The van der Waals surface area contributed by atoms with Crippen LogP contribution in [0.15, 0.2) is 24.8 Å². The molecule has 0 unspecified atom stereocenters. The lowest BCUT2D eigenvalue weighted by Gasteiger charge is -2.15. The van der Waals surface area contributed by atoms with Crippen LogP contribution >= 0.6 is 0 Å². The fourth-order valence-electron chi connectivity index (χ4n) is 1.41. The molecule has 0 aromatic heterocycles. The average Bonchev–Trinajstić information content (AvgIpc) is 2.27. The summed E-state index contributed by atoms with van der Waals surface area (Å²) in [4.78, 5) is 0. The molecule has 0 amide bonds. The molecule has 0 heterocycles. The van der Waals surface area contributed by atoms with Crippen molar-refractivity contribution < 1.29 is 18.6 Å². The summed E-state index contributed by atoms with van der Waals surface area (Å²) in [5.41, 5.74) is 1.13. The Kier molecular flexibility index (Phi) is 4.43. The van der Waals surface area contributed by atoms with Crippen molar-refractivity contribution in [2.24, 2.45) is 0 Å². The molecule has 2 nitrogen and oxygen atoms in total. The van der Waals surface area contributed by atoms with E-state index < -0.39 is 6.61 Å². The Morgan fingerprint density at radius 1 is 1.56 bits per heavy atom. The van der Waals surface area contributed by atoms with E-state index in [0.29, 0.717) is 17.0 Å². The molecule has 1 N–H and O–H groups in total. The zero-order chi connectivity index (χ0) is 12.1. The summed E-state index contributed by atoms with van der Waals surface area (Å²) in [6.07, 6.45) is 1.44. The molecule has 0 bridgehead atoms. The molecule has 1 aromatic carbocycles. The van der Waals surface area contributed by atoms with E-state index in [1.54, 1.807) is 19.1 Å². The Labute approximate surface area is 93.2 Å². The van der Waals surface area contributed by atoms with Gasteiger partial charge < -0.3 is 9.84 Å². The summed E-state index contributed by atoms with van der Waals surface area (Å²) < 4.78 is 28.6. The van der Waals surface area contributed by atoms with E-state index in [1.807, 2.05) is 0 Å². The zero-order valence-electron chi connectivity index (χ0n) is 8.91. The molecule has 4 heteroatoms. The van der Waals surface area contributed by atoms with Crippen LogP contribution in [0.2, 0.25) is 0 Å². The fraction of sp³-hybridized carbons (Fsp3) is 0.250. The van der Waals surface area contributed by atoms with Gasteiger partial charge in [0.2, 0.25) is 0 Å². The molecule has 1 rings (SSSR count). The zero-order valence-corrected chi connectivity index (χ0v) is 8.91. The SMILES string of the molecule is C=Cc1c(OC(F)F)cccc1[C](C)CO. The van der Waals surface area contributed by atoms with Gasteiger partial charge in [0, 0.05) is 11.5 Å². The van der Waals surface area contributed by atoms with Crippen LogP contribution in [0, 0.1) is 5.92 Å². The van der Waals surface area contributed by atoms with E-state index in [4.69, 9.17) is 5.11 Å². The fourth-order valence-corrected chi connectivity index (χ4v) is 1.41. The normalized spacial score (nSPS) is 10.9. The van der Waals surface area contributed by atoms with Crippen LogP contribution in [0.3, 0.4) is 0 Å². The maximum Gasteiger partial charge on any atom is 0.387 e. The van der Waals surface area contributed by atoms with Crippen LogP contribution in [-0.4, -0.2) is 18.3 Å². The standard InChI is InChI=1S/C12H13F2O2/c1-3-9-10(8(2)7-15)5-4-6-11(9)16-12(13)14/h3-6,12,15H,1,7H2,2H3. The molecule has 16 heavy (non-hydrogen) atoms. The van der Waals surface area contributed by atoms with Gasteiger partial charge in [-0.15, -0.1) is 0 Å². The molecule has 0 aliphatic heterocycles. The van der Waals surface area contributed by atoms with Gasteiger partial charge in [0.15, 0.2) is 0 Å². The van der Waals surface area contributed by atoms with E-state index in [9.17, 15) is 8.78 Å². The van der Waals surface area contributed by atoms with Gasteiger partial charge in [-0.3, -0.25) is 0 Å². The van der Waals surface area contributed by atoms with Crippen molar-refractivity contribution in [1.29, 1.82) is 0 Å². The average molecular weight is 227 g/mol. The quantitative estimate of drug-likeness (QED) is 0.838. The first kappa shape index (κ1) is 12.6. The minimum absolute atomic E-state index is 0.0651. The second-order valence-electron chi connectivity index (χ2n) is 3.24. The lowest BCUT2D eigenvalue weighted by molar-refractivity contribution is -0.0500. The third-order valence-electron chi connectivity index (χ3n) is 2.18. The Morgan fingerprint density at radius 2 is 2.25 bits per heavy atom. The molecule has 87 valence electrons. The first-order valence-corrected chi connectivity index (χ1v) is 4.74. The van der Waals surface area contributed by atoms with Crippen molar-refractivity contribution in [2.45, 2.75) is 13.5 Å². The predicted molar refractivity (Wildman–Crippen MR) is 58.3 cm³/mol. The predicted octanol–water partition coefficient (Wildman–Crippen LogP) is 2.87. The van der Waals surface area contributed by atoms with Crippen molar-refractivity contribution >= 4 is 6.08 Å². The molecule has 0 spiro atoms. The Balaban J connectivity index is 3.15. The second kappa shape index (κ2) is 5.61. The van der Waals surface area contributed by atoms with Crippen LogP contribution in [0.5, 0.6) is 5.75 Å². The molecule has 0 atom stereocenters. The molecule has 1 radical (unpaired) electrons. The number of rotatable bonds is 5. The topological polar surface area (TPSA) is 29.5 Å². The van der Waals surface area contributed by atoms with Crippen LogP contribution in [0.1, 0.15) is 18.1 Å². The van der Waals surface area contributed by atoms with Gasteiger partial charge >= 0.3 is 6.61 Å². The number of ether oxygens (including phenoxy) is 1. The molecule has 1 aromatic rings. The van der Waals surface area contributed by atoms with E-state index in [0.717, 1.165) is 0 Å². The van der Waals surface area contributed by atoms with Crippen LogP contribution in [0.25, 0.3) is 6.08 Å². The van der Waals surface area contributed by atoms with E-state index in [1.165, 1.54) is 12.1 Å². The highest BCUT2D eigenvalue weighted by Gasteiger charge is 2.14. The molecule has 0 aliphatic rings. The van der Waals surface area contributed by atoms with Gasteiger partial charge in [-0.2, -0.15) is 8.78 Å². The summed E-state index contributed by atoms with van der Waals surface area (Å²) in [5.74, 6) is 0.741. The van der Waals surface area contributed by atoms with E-state index in [-0.39, 0.29) is 12.4 Å². The number of aliphatic hydroxyl groups is 1. The maximum atomic E-state index is 12.1. The molecular formula is C12H13F2O2. The summed E-state index contributed by atoms with van der Waals surface area (Å²) in [7, 11) is 0. The summed E-state index contributed by atoms with van der Waals surface area (Å²) >= 11 is 0. The van der Waals surface area contributed by atoms with Crippen molar-refractivity contribution in [2.75, 3.05) is 6.61 Å². The second-order valence-corrected chi connectivity index (χ2v) is 3.24. The van der Waals surface area contributed by atoms with Gasteiger partial charge in [0.05, 0.1) is 6.61 Å². The highest BCUT2D eigenvalue weighted by Crippen LogP contribution is 2.29. The third-order valence-corrected chi connectivity index (χ3v) is 2.18. The van der Waals surface area contributed by atoms with Gasteiger partial charge in [-0.1, -0.05) is 31.7 Å². The largest absolute Gasteiger partial charge is 0.434 e. The molecule has 0 aliphatic carbocycles. The lowest BCUT2D eigenvalue weighted by Crippen LogP contribution is -2.07. The number of hydrogen-bond acceptors (Lipinski definition) is 2. The van der Waals surface area contributed by atoms with Crippen molar-refractivity contribution in [1.82, 2.24) is 0 Å². The van der Waals surface area contributed by atoms with Crippen LogP contribution in [0.4, 0.5) is 8.78 Å². The highest BCUT2D eigenvalue weighted by atomic mass is 19.3. The van der Waals surface area contributed by atoms with E-state index >= 15 is 0 Å².